The SMILES string of the molecule is Nc1ccc(C(=O)Oc2ccc(CCC(=O)NCCc3ccc(O)cc3)c(Cl)c2)cc1. The van der Waals surface area contributed by atoms with E-state index in [1.165, 1.54) is 0 Å². The molecule has 0 saturated carbocycles. The number of benzene rings is 3. The molecule has 0 fully saturated rings. The number of anilines is 1. The van der Waals surface area contributed by atoms with E-state index in [1.807, 2.05) is 12.1 Å². The molecule has 0 aliphatic carbocycles. The Kier molecular flexibility index (Phi) is 7.51. The highest BCUT2D eigenvalue weighted by Crippen LogP contribution is 2.24. The van der Waals surface area contributed by atoms with Crippen LogP contribution < -0.4 is 15.8 Å². The van der Waals surface area contributed by atoms with Crippen LogP contribution in [0.3, 0.4) is 0 Å². The first kappa shape index (κ1) is 22.2. The minimum Gasteiger partial charge on any atom is -0.508 e. The van der Waals surface area contributed by atoms with Crippen molar-refractivity contribution in [3.63, 3.8) is 0 Å². The van der Waals surface area contributed by atoms with Crippen molar-refractivity contribution in [3.05, 3.63) is 88.4 Å². The van der Waals surface area contributed by atoms with Gasteiger partial charge in [-0.05, 0) is 72.5 Å². The fraction of sp³-hybridized carbons (Fsp3) is 0.167. The highest BCUT2D eigenvalue weighted by Gasteiger charge is 2.11. The average molecular weight is 439 g/mol. The second-order valence-electron chi connectivity index (χ2n) is 7.03. The minimum absolute atomic E-state index is 0.0753. The van der Waals surface area contributed by atoms with Crippen LogP contribution >= 0.6 is 11.6 Å². The lowest BCUT2D eigenvalue weighted by atomic mass is 10.1. The molecule has 0 bridgehead atoms. The quantitative estimate of drug-likeness (QED) is 0.279. The number of phenolic OH excluding ortho intramolecular Hbond substituents is 1. The molecule has 3 rings (SSSR count). The summed E-state index contributed by atoms with van der Waals surface area (Å²) in [5.41, 5.74) is 8.40. The van der Waals surface area contributed by atoms with Crippen LogP contribution in [-0.2, 0) is 17.6 Å². The molecular formula is C24H23ClN2O4. The number of carbonyl (C=O) groups excluding carboxylic acids is 2. The van der Waals surface area contributed by atoms with E-state index in [4.69, 9.17) is 22.1 Å². The Hall–Kier alpha value is -3.51. The Morgan fingerprint density at radius 2 is 1.68 bits per heavy atom. The molecule has 0 aliphatic rings. The number of halogens is 1. The Bertz CT molecular complexity index is 1050. The molecule has 6 nitrogen and oxygen atoms in total. The van der Waals surface area contributed by atoms with Crippen LogP contribution in [0.1, 0.15) is 27.9 Å². The predicted octanol–water partition coefficient (Wildman–Crippen LogP) is 4.14. The Morgan fingerprint density at radius 3 is 2.35 bits per heavy atom. The molecule has 3 aromatic rings. The second kappa shape index (κ2) is 10.5. The Morgan fingerprint density at radius 1 is 0.968 bits per heavy atom. The number of hydrogen-bond acceptors (Lipinski definition) is 5. The second-order valence-corrected chi connectivity index (χ2v) is 7.44. The normalized spacial score (nSPS) is 10.5. The number of carbonyl (C=O) groups is 2. The van der Waals surface area contributed by atoms with E-state index in [1.54, 1.807) is 54.6 Å². The molecule has 31 heavy (non-hydrogen) atoms. The van der Waals surface area contributed by atoms with E-state index in [9.17, 15) is 14.7 Å². The maximum atomic E-state index is 12.2. The summed E-state index contributed by atoms with van der Waals surface area (Å²) in [5, 5.41) is 12.6. The Labute approximate surface area is 185 Å². The van der Waals surface area contributed by atoms with Gasteiger partial charge < -0.3 is 20.9 Å². The fourth-order valence-corrected chi connectivity index (χ4v) is 3.19. The topological polar surface area (TPSA) is 102 Å². The summed E-state index contributed by atoms with van der Waals surface area (Å²) in [6.07, 6.45) is 1.44. The third kappa shape index (κ3) is 6.76. The molecule has 1 amide bonds. The molecule has 4 N–H and O–H groups in total. The van der Waals surface area contributed by atoms with E-state index < -0.39 is 5.97 Å². The van der Waals surface area contributed by atoms with Gasteiger partial charge in [0, 0.05) is 23.7 Å². The smallest absolute Gasteiger partial charge is 0.343 e. The van der Waals surface area contributed by atoms with Gasteiger partial charge in [-0.2, -0.15) is 0 Å². The van der Waals surface area contributed by atoms with Gasteiger partial charge in [-0.3, -0.25) is 4.79 Å². The number of ether oxygens (including phenoxy) is 1. The van der Waals surface area contributed by atoms with Gasteiger partial charge in [0.15, 0.2) is 0 Å². The molecule has 0 heterocycles. The third-order valence-corrected chi connectivity index (χ3v) is 5.03. The lowest BCUT2D eigenvalue weighted by molar-refractivity contribution is -0.121. The minimum atomic E-state index is -0.503. The molecule has 0 aromatic heterocycles. The van der Waals surface area contributed by atoms with Crippen LogP contribution in [-0.4, -0.2) is 23.5 Å². The number of esters is 1. The van der Waals surface area contributed by atoms with E-state index in [2.05, 4.69) is 5.32 Å². The lowest BCUT2D eigenvalue weighted by Crippen LogP contribution is -2.25. The maximum absolute atomic E-state index is 12.2. The zero-order valence-electron chi connectivity index (χ0n) is 16.8. The maximum Gasteiger partial charge on any atom is 0.343 e. The molecule has 0 aliphatic heterocycles. The molecule has 0 saturated heterocycles. The van der Waals surface area contributed by atoms with Crippen molar-refractivity contribution in [1.82, 2.24) is 5.32 Å². The number of hydrogen-bond donors (Lipinski definition) is 3. The van der Waals surface area contributed by atoms with Crippen molar-refractivity contribution in [1.29, 1.82) is 0 Å². The number of rotatable bonds is 8. The van der Waals surface area contributed by atoms with Gasteiger partial charge in [-0.1, -0.05) is 29.8 Å². The molecule has 0 unspecified atom stereocenters. The number of nitrogen functional groups attached to an aromatic ring is 1. The zero-order valence-corrected chi connectivity index (χ0v) is 17.6. The summed E-state index contributed by atoms with van der Waals surface area (Å²) in [6.45, 7) is 0.511. The summed E-state index contributed by atoms with van der Waals surface area (Å²) in [6, 6.07) is 18.3. The van der Waals surface area contributed by atoms with Gasteiger partial charge in [-0.15, -0.1) is 0 Å². The van der Waals surface area contributed by atoms with Gasteiger partial charge in [-0.25, -0.2) is 4.79 Å². The van der Waals surface area contributed by atoms with Gasteiger partial charge in [0.1, 0.15) is 11.5 Å². The molecule has 0 atom stereocenters. The van der Waals surface area contributed by atoms with Crippen molar-refractivity contribution < 1.29 is 19.4 Å². The summed E-state index contributed by atoms with van der Waals surface area (Å²) in [7, 11) is 0. The van der Waals surface area contributed by atoms with Crippen LogP contribution in [0.5, 0.6) is 11.5 Å². The van der Waals surface area contributed by atoms with Crippen molar-refractivity contribution in [2.45, 2.75) is 19.3 Å². The summed E-state index contributed by atoms with van der Waals surface area (Å²) in [5.74, 6) is -0.0323. The van der Waals surface area contributed by atoms with Crippen LogP contribution in [0.4, 0.5) is 5.69 Å². The van der Waals surface area contributed by atoms with Crippen molar-refractivity contribution in [2.75, 3.05) is 12.3 Å². The molecule has 0 spiro atoms. The molecule has 3 aromatic carbocycles. The first-order valence-electron chi connectivity index (χ1n) is 9.81. The summed E-state index contributed by atoms with van der Waals surface area (Å²) < 4.78 is 5.35. The average Bonchev–Trinajstić information content (AvgIpc) is 2.75. The van der Waals surface area contributed by atoms with Crippen LogP contribution in [0.2, 0.25) is 5.02 Å². The van der Waals surface area contributed by atoms with Gasteiger partial charge in [0.05, 0.1) is 5.56 Å². The van der Waals surface area contributed by atoms with Crippen molar-refractivity contribution >= 4 is 29.2 Å². The predicted molar refractivity (Wildman–Crippen MR) is 120 cm³/mol. The standard InChI is InChI=1S/C24H23ClN2O4/c25-22-15-21(31-24(30)18-3-7-19(26)8-4-18)11-5-17(22)6-12-23(29)27-14-13-16-1-9-20(28)10-2-16/h1-5,7-11,15,28H,6,12-14,26H2,(H,27,29). The number of aryl methyl sites for hydroxylation is 1. The number of nitrogens with two attached hydrogens (primary N) is 1. The Balaban J connectivity index is 1.46. The van der Waals surface area contributed by atoms with E-state index in [0.717, 1.165) is 11.1 Å². The third-order valence-electron chi connectivity index (χ3n) is 4.68. The molecule has 7 heteroatoms. The highest BCUT2D eigenvalue weighted by molar-refractivity contribution is 6.31. The van der Waals surface area contributed by atoms with Crippen molar-refractivity contribution in [2.24, 2.45) is 0 Å². The first-order chi connectivity index (χ1) is 14.9. The number of amides is 1. The number of nitrogens with one attached hydrogen (secondary N) is 1. The molecule has 160 valence electrons. The van der Waals surface area contributed by atoms with Gasteiger partial charge in [0.2, 0.25) is 5.91 Å². The number of aromatic hydroxyl groups is 1. The fourth-order valence-electron chi connectivity index (χ4n) is 2.92. The van der Waals surface area contributed by atoms with E-state index >= 15 is 0 Å². The van der Waals surface area contributed by atoms with Gasteiger partial charge >= 0.3 is 5.97 Å². The van der Waals surface area contributed by atoms with Crippen LogP contribution in [0.25, 0.3) is 0 Å². The summed E-state index contributed by atoms with van der Waals surface area (Å²) >= 11 is 6.30. The monoisotopic (exact) mass is 438 g/mol. The zero-order chi connectivity index (χ0) is 22.2. The highest BCUT2D eigenvalue weighted by atomic mass is 35.5. The van der Waals surface area contributed by atoms with Gasteiger partial charge in [0.25, 0.3) is 0 Å². The lowest BCUT2D eigenvalue weighted by Gasteiger charge is -2.09. The molecular weight excluding hydrogens is 416 g/mol. The molecule has 0 radical (unpaired) electrons. The van der Waals surface area contributed by atoms with Crippen LogP contribution in [0, 0.1) is 0 Å². The van der Waals surface area contributed by atoms with E-state index in [0.29, 0.717) is 47.8 Å². The first-order valence-corrected chi connectivity index (χ1v) is 10.2. The van der Waals surface area contributed by atoms with Crippen molar-refractivity contribution in [3.8, 4) is 11.5 Å². The van der Waals surface area contributed by atoms with E-state index in [-0.39, 0.29) is 11.7 Å². The largest absolute Gasteiger partial charge is 0.508 e. The van der Waals surface area contributed by atoms with Crippen LogP contribution in [0.15, 0.2) is 66.7 Å². The number of phenols is 1. The summed E-state index contributed by atoms with van der Waals surface area (Å²) in [4.78, 5) is 24.3.